The summed E-state index contributed by atoms with van der Waals surface area (Å²) in [4.78, 5) is 4.51. The number of para-hydroxylation sites is 1. The molecule has 1 aromatic carbocycles. The van der Waals surface area contributed by atoms with Crippen LogP contribution in [0.25, 0.3) is 0 Å². The van der Waals surface area contributed by atoms with Crippen molar-refractivity contribution in [1.29, 1.82) is 0 Å². The monoisotopic (exact) mass is 230 g/mol. The summed E-state index contributed by atoms with van der Waals surface area (Å²) in [7, 11) is 6.37. The second-order valence-corrected chi connectivity index (χ2v) is 5.55. The van der Waals surface area contributed by atoms with Gasteiger partial charge in [-0.25, -0.2) is 0 Å². The van der Waals surface area contributed by atoms with Crippen molar-refractivity contribution in [2.24, 2.45) is 0 Å². The molecule has 0 aromatic heterocycles. The summed E-state index contributed by atoms with van der Waals surface area (Å²) in [5, 5.41) is 0. The number of hydrogen-bond donors (Lipinski definition) is 0. The van der Waals surface area contributed by atoms with E-state index in [4.69, 9.17) is 0 Å². The molecule has 0 amide bonds. The standard InChI is InChI=1S/C15H22N2/c1-15(2)12-8-6-7-9-13(12)17(5)14(15)10-11-16(3)4/h6-10H,11H2,1-5H3/b14-10-. The molecule has 0 fully saturated rings. The average Bonchev–Trinajstić information content (AvgIpc) is 2.46. The van der Waals surface area contributed by atoms with Crippen LogP contribution in [0.2, 0.25) is 0 Å². The van der Waals surface area contributed by atoms with Crippen molar-refractivity contribution in [3.63, 3.8) is 0 Å². The minimum Gasteiger partial charge on any atom is -0.347 e. The molecule has 1 aliphatic heterocycles. The van der Waals surface area contributed by atoms with Gasteiger partial charge in [-0.2, -0.15) is 0 Å². The fraction of sp³-hybridized carbons (Fsp3) is 0.467. The molecule has 1 aromatic rings. The maximum absolute atomic E-state index is 2.33. The van der Waals surface area contributed by atoms with Crippen LogP contribution in [-0.4, -0.2) is 32.6 Å². The fourth-order valence-electron chi connectivity index (χ4n) is 2.64. The van der Waals surface area contributed by atoms with Crippen molar-refractivity contribution in [3.05, 3.63) is 41.6 Å². The third-order valence-electron chi connectivity index (χ3n) is 3.59. The minimum atomic E-state index is 0.112. The second kappa shape index (κ2) is 4.19. The summed E-state index contributed by atoms with van der Waals surface area (Å²) in [5.74, 6) is 0. The van der Waals surface area contributed by atoms with Gasteiger partial charge >= 0.3 is 0 Å². The van der Waals surface area contributed by atoms with Crippen molar-refractivity contribution in [1.82, 2.24) is 4.90 Å². The lowest BCUT2D eigenvalue weighted by molar-refractivity contribution is 0.452. The molecule has 0 radical (unpaired) electrons. The summed E-state index contributed by atoms with van der Waals surface area (Å²) in [6.45, 7) is 5.59. The lowest BCUT2D eigenvalue weighted by Gasteiger charge is -2.25. The van der Waals surface area contributed by atoms with Gasteiger partial charge in [0.1, 0.15) is 0 Å². The van der Waals surface area contributed by atoms with E-state index in [1.165, 1.54) is 16.9 Å². The van der Waals surface area contributed by atoms with E-state index in [0.717, 1.165) is 6.54 Å². The lowest BCUT2D eigenvalue weighted by Crippen LogP contribution is -2.24. The molecule has 2 rings (SSSR count). The van der Waals surface area contributed by atoms with Crippen LogP contribution in [0, 0.1) is 0 Å². The molecule has 2 nitrogen and oxygen atoms in total. The van der Waals surface area contributed by atoms with Crippen LogP contribution in [0.1, 0.15) is 19.4 Å². The fourth-order valence-corrected chi connectivity index (χ4v) is 2.64. The van der Waals surface area contributed by atoms with Crippen LogP contribution in [0.4, 0.5) is 5.69 Å². The van der Waals surface area contributed by atoms with E-state index in [2.05, 4.69) is 75.1 Å². The van der Waals surface area contributed by atoms with Crippen LogP contribution >= 0.6 is 0 Å². The highest BCUT2D eigenvalue weighted by atomic mass is 15.2. The van der Waals surface area contributed by atoms with Crippen LogP contribution < -0.4 is 4.90 Å². The highest BCUT2D eigenvalue weighted by molar-refractivity contribution is 5.69. The lowest BCUT2D eigenvalue weighted by atomic mass is 9.84. The Morgan fingerprint density at radius 1 is 1.24 bits per heavy atom. The molecular formula is C15H22N2. The van der Waals surface area contributed by atoms with E-state index in [-0.39, 0.29) is 5.41 Å². The van der Waals surface area contributed by atoms with Crippen molar-refractivity contribution in [3.8, 4) is 0 Å². The van der Waals surface area contributed by atoms with Gasteiger partial charge in [-0.05, 0) is 25.7 Å². The number of benzene rings is 1. The van der Waals surface area contributed by atoms with E-state index >= 15 is 0 Å². The summed E-state index contributed by atoms with van der Waals surface area (Å²) < 4.78 is 0. The van der Waals surface area contributed by atoms with Crippen LogP contribution in [0.5, 0.6) is 0 Å². The second-order valence-electron chi connectivity index (χ2n) is 5.55. The number of allylic oxidation sites excluding steroid dienone is 1. The van der Waals surface area contributed by atoms with Crippen molar-refractivity contribution in [2.45, 2.75) is 19.3 Å². The van der Waals surface area contributed by atoms with E-state index in [1.54, 1.807) is 0 Å². The van der Waals surface area contributed by atoms with Crippen LogP contribution in [-0.2, 0) is 5.41 Å². The number of anilines is 1. The first-order valence-corrected chi connectivity index (χ1v) is 6.13. The zero-order chi connectivity index (χ0) is 12.6. The number of hydrogen-bond acceptors (Lipinski definition) is 2. The van der Waals surface area contributed by atoms with Gasteiger partial charge in [-0.3, -0.25) is 0 Å². The Morgan fingerprint density at radius 3 is 2.47 bits per heavy atom. The number of rotatable bonds is 2. The normalized spacial score (nSPS) is 20.1. The van der Waals surface area contributed by atoms with E-state index in [1.807, 2.05) is 0 Å². The Kier molecular flexibility index (Phi) is 3.00. The molecule has 1 heterocycles. The van der Waals surface area contributed by atoms with Crippen molar-refractivity contribution >= 4 is 5.69 Å². The Bertz CT molecular complexity index is 444. The predicted molar refractivity (Wildman–Crippen MR) is 74.5 cm³/mol. The molecule has 92 valence electrons. The summed E-state index contributed by atoms with van der Waals surface area (Å²) in [5.41, 5.74) is 4.27. The number of fused-ring (bicyclic) bond motifs is 1. The molecular weight excluding hydrogens is 208 g/mol. The maximum Gasteiger partial charge on any atom is 0.0447 e. The van der Waals surface area contributed by atoms with Crippen LogP contribution in [0.3, 0.4) is 0 Å². The Balaban J connectivity index is 2.43. The van der Waals surface area contributed by atoms with E-state index in [0.29, 0.717) is 0 Å². The summed E-state index contributed by atoms with van der Waals surface area (Å²) in [6, 6.07) is 8.68. The van der Waals surface area contributed by atoms with Gasteiger partial charge in [0.25, 0.3) is 0 Å². The largest absolute Gasteiger partial charge is 0.347 e. The first-order chi connectivity index (χ1) is 7.94. The van der Waals surface area contributed by atoms with Gasteiger partial charge in [0.15, 0.2) is 0 Å². The zero-order valence-electron chi connectivity index (χ0n) is 11.5. The van der Waals surface area contributed by atoms with Gasteiger partial charge in [0, 0.05) is 30.4 Å². The SMILES string of the molecule is CN(C)C/C=C1\N(C)c2ccccc2C1(C)C. The Hall–Kier alpha value is -1.28. The van der Waals surface area contributed by atoms with Crippen molar-refractivity contribution < 1.29 is 0 Å². The maximum atomic E-state index is 2.33. The molecule has 0 bridgehead atoms. The molecule has 0 saturated heterocycles. The highest BCUT2D eigenvalue weighted by Crippen LogP contribution is 2.46. The molecule has 0 unspecified atom stereocenters. The minimum absolute atomic E-state index is 0.112. The number of likely N-dealkylation sites (N-methyl/N-ethyl adjacent to an activating group) is 2. The van der Waals surface area contributed by atoms with E-state index < -0.39 is 0 Å². The van der Waals surface area contributed by atoms with Crippen LogP contribution in [0.15, 0.2) is 36.0 Å². The highest BCUT2D eigenvalue weighted by Gasteiger charge is 2.37. The van der Waals surface area contributed by atoms with Gasteiger partial charge in [-0.15, -0.1) is 0 Å². The molecule has 0 saturated carbocycles. The predicted octanol–water partition coefficient (Wildman–Crippen LogP) is 2.86. The Morgan fingerprint density at radius 2 is 1.88 bits per heavy atom. The van der Waals surface area contributed by atoms with Gasteiger partial charge in [0.2, 0.25) is 0 Å². The molecule has 0 aliphatic carbocycles. The summed E-state index contributed by atoms with van der Waals surface area (Å²) in [6.07, 6.45) is 2.33. The number of nitrogens with zero attached hydrogens (tertiary/aromatic N) is 2. The third-order valence-corrected chi connectivity index (χ3v) is 3.59. The van der Waals surface area contributed by atoms with Gasteiger partial charge in [0.05, 0.1) is 0 Å². The molecule has 0 N–H and O–H groups in total. The first kappa shape index (κ1) is 12.2. The van der Waals surface area contributed by atoms with Crippen molar-refractivity contribution in [2.75, 3.05) is 32.6 Å². The van der Waals surface area contributed by atoms with E-state index in [9.17, 15) is 0 Å². The van der Waals surface area contributed by atoms with Gasteiger partial charge in [-0.1, -0.05) is 38.1 Å². The third kappa shape index (κ3) is 1.98. The first-order valence-electron chi connectivity index (χ1n) is 6.13. The molecule has 0 atom stereocenters. The molecule has 0 spiro atoms. The quantitative estimate of drug-likeness (QED) is 0.771. The summed E-state index contributed by atoms with van der Waals surface area (Å²) >= 11 is 0. The average molecular weight is 230 g/mol. The zero-order valence-corrected chi connectivity index (χ0v) is 11.5. The Labute approximate surface area is 105 Å². The van der Waals surface area contributed by atoms with Gasteiger partial charge < -0.3 is 9.80 Å². The topological polar surface area (TPSA) is 6.48 Å². The molecule has 1 aliphatic rings. The smallest absolute Gasteiger partial charge is 0.0447 e. The molecule has 17 heavy (non-hydrogen) atoms. The molecule has 2 heteroatoms.